The Bertz CT molecular complexity index is 2090. The van der Waals surface area contributed by atoms with Crippen molar-refractivity contribution in [2.24, 2.45) is 11.0 Å². The van der Waals surface area contributed by atoms with Gasteiger partial charge in [-0.25, -0.2) is 5.01 Å². The zero-order chi connectivity index (χ0) is 39.6. The number of halogens is 1. The van der Waals surface area contributed by atoms with Crippen molar-refractivity contribution in [3.05, 3.63) is 107 Å². The van der Waals surface area contributed by atoms with Crippen LogP contribution in [0.3, 0.4) is 0 Å². The number of aromatic nitrogens is 3. The van der Waals surface area contributed by atoms with Crippen molar-refractivity contribution in [3.8, 4) is 0 Å². The molecule has 4 aromatic rings. The van der Waals surface area contributed by atoms with Crippen LogP contribution >= 0.6 is 0 Å². The second-order valence-corrected chi connectivity index (χ2v) is 19.2. The Morgan fingerprint density at radius 2 is 1.77 bits per heavy atom. The van der Waals surface area contributed by atoms with Gasteiger partial charge in [-0.15, -0.1) is 5.10 Å². The fourth-order valence-electron chi connectivity index (χ4n) is 8.79. The number of carbonyl (C=O) groups excluding carboxylic acids is 3. The van der Waals surface area contributed by atoms with Crippen LogP contribution in [0.15, 0.2) is 90.2 Å². The monoisotopic (exact) mass is 780 g/mol. The van der Waals surface area contributed by atoms with E-state index in [1.807, 2.05) is 79.7 Å². The second kappa shape index (κ2) is 16.2. The molecule has 0 aliphatic carbocycles. The largest absolute Gasteiger partial charge is 0.469 e. The number of nitrogens with zero attached hydrogens (tertiary/aromatic N) is 6. The van der Waals surface area contributed by atoms with E-state index in [2.05, 4.69) is 10.3 Å². The summed E-state index contributed by atoms with van der Waals surface area (Å²) in [6.45, 7) is 5.77. The minimum atomic E-state index is -3.48. The number of esters is 1. The van der Waals surface area contributed by atoms with E-state index in [1.165, 1.54) is 12.1 Å². The molecule has 0 saturated carbocycles. The van der Waals surface area contributed by atoms with E-state index in [9.17, 15) is 19.5 Å². The first-order valence-electron chi connectivity index (χ1n) is 19.4. The summed E-state index contributed by atoms with van der Waals surface area (Å²) in [5.74, 6) is -1.67. The lowest BCUT2D eigenvalue weighted by Crippen LogP contribution is -2.45. The Kier molecular flexibility index (Phi) is 11.3. The number of fused-ring (bicyclic) bond motifs is 2. The minimum absolute atomic E-state index is 0.136. The Morgan fingerprint density at radius 1 is 1.04 bits per heavy atom. The highest BCUT2D eigenvalue weighted by Crippen LogP contribution is 2.60. The molecule has 14 heteroatoms. The average Bonchev–Trinajstić information content (AvgIpc) is 3.86. The SMILES string of the molecule is COC(=O)CCCCN1C(=O)[C@]2(O[C@H](CCn3cc(C(CO)c4ccccc4)nn3)[C@@H]([Si](C)(C)F)[C@@H]2C)c2cc(N3N=C(c4ccccc4)CCC3=O)ccc21. The molecular weight excluding hydrogens is 732 g/mol. The molecule has 1 fully saturated rings. The van der Waals surface area contributed by atoms with Gasteiger partial charge in [-0.2, -0.15) is 5.10 Å². The smallest absolute Gasteiger partial charge is 0.305 e. The zero-order valence-electron chi connectivity index (χ0n) is 32.3. The molecule has 1 N–H and O–H groups in total. The van der Waals surface area contributed by atoms with Crippen molar-refractivity contribution >= 4 is 43.3 Å². The van der Waals surface area contributed by atoms with Gasteiger partial charge in [-0.3, -0.25) is 19.1 Å². The first-order valence-corrected chi connectivity index (χ1v) is 22.3. The first-order chi connectivity index (χ1) is 27.0. The predicted molar refractivity (Wildman–Crippen MR) is 212 cm³/mol. The Labute approximate surface area is 327 Å². The van der Waals surface area contributed by atoms with Gasteiger partial charge in [-0.1, -0.05) is 72.8 Å². The lowest BCUT2D eigenvalue weighted by atomic mass is 9.82. The number of ether oxygens (including phenoxy) is 2. The third-order valence-electron chi connectivity index (χ3n) is 11.5. The molecule has 5 atom stereocenters. The van der Waals surface area contributed by atoms with Gasteiger partial charge in [0.05, 0.1) is 48.5 Å². The van der Waals surface area contributed by atoms with E-state index in [4.69, 9.17) is 14.6 Å². The number of hydrogen-bond donors (Lipinski definition) is 1. The molecule has 2 amide bonds. The number of anilines is 2. The molecule has 0 bridgehead atoms. The van der Waals surface area contributed by atoms with Crippen LogP contribution in [0.4, 0.5) is 15.5 Å². The molecule has 4 heterocycles. The molecule has 7 rings (SSSR count). The van der Waals surface area contributed by atoms with E-state index in [0.29, 0.717) is 61.4 Å². The maximum absolute atomic E-state index is 16.6. The highest BCUT2D eigenvalue weighted by Gasteiger charge is 2.66. The van der Waals surface area contributed by atoms with Gasteiger partial charge >= 0.3 is 5.97 Å². The Balaban J connectivity index is 1.22. The van der Waals surface area contributed by atoms with Crippen LogP contribution in [0.2, 0.25) is 18.6 Å². The molecule has 1 spiro atoms. The van der Waals surface area contributed by atoms with Gasteiger partial charge in [-0.05, 0) is 61.7 Å². The molecule has 1 aromatic heterocycles. The summed E-state index contributed by atoms with van der Waals surface area (Å²) in [5.41, 5.74) is 2.89. The molecule has 0 radical (unpaired) electrons. The standard InChI is InChI=1S/C42H49FN6O6Si/c1-28-40(56(3,4)43)37(22-24-47-26-35(44-46-47)32(27-50)29-13-7-5-8-14-29)55-42(28)33-25-31(49-38(51)21-19-34(45-49)30-15-9-6-10-16-30)18-20-36(33)48(41(42)53)23-12-11-17-39(52)54-2/h5-10,13-16,18,20,25-26,28,32,37,40,50H,11-12,17,19,21-24,27H2,1-4H3/t28-,32?,37+,40-,42+/m0/s1. The number of benzene rings is 3. The maximum Gasteiger partial charge on any atom is 0.305 e. The lowest BCUT2D eigenvalue weighted by molar-refractivity contribution is -0.146. The summed E-state index contributed by atoms with van der Waals surface area (Å²) in [7, 11) is -2.13. The number of aryl methyl sites for hydroxylation is 1. The van der Waals surface area contributed by atoms with Gasteiger partial charge in [0.25, 0.3) is 5.91 Å². The van der Waals surface area contributed by atoms with Crippen molar-refractivity contribution in [2.45, 2.75) is 88.3 Å². The van der Waals surface area contributed by atoms with Gasteiger partial charge in [0, 0.05) is 55.6 Å². The second-order valence-electron chi connectivity index (χ2n) is 15.4. The number of carbonyl (C=O) groups is 3. The van der Waals surface area contributed by atoms with E-state index < -0.39 is 31.6 Å². The van der Waals surface area contributed by atoms with Crippen LogP contribution < -0.4 is 9.91 Å². The molecule has 1 saturated heterocycles. The van der Waals surface area contributed by atoms with Gasteiger partial charge in [0.1, 0.15) is 0 Å². The summed E-state index contributed by atoms with van der Waals surface area (Å²) < 4.78 is 30.2. The fraction of sp³-hybridized carbons (Fsp3) is 0.429. The van der Waals surface area contributed by atoms with Gasteiger partial charge in [0.15, 0.2) is 5.60 Å². The molecule has 56 heavy (non-hydrogen) atoms. The van der Waals surface area contributed by atoms with Gasteiger partial charge in [0.2, 0.25) is 14.3 Å². The molecule has 1 unspecified atom stereocenters. The van der Waals surface area contributed by atoms with Crippen LogP contribution in [0.25, 0.3) is 0 Å². The number of hydrazone groups is 1. The van der Waals surface area contributed by atoms with Crippen molar-refractivity contribution < 1.29 is 33.1 Å². The normalized spacial score (nSPS) is 22.8. The summed E-state index contributed by atoms with van der Waals surface area (Å²) in [4.78, 5) is 41.9. The summed E-state index contributed by atoms with van der Waals surface area (Å²) in [5, 5.41) is 25.1. The molecular formula is C42H49FN6O6Si. The van der Waals surface area contributed by atoms with Crippen molar-refractivity contribution in [3.63, 3.8) is 0 Å². The van der Waals surface area contributed by atoms with Crippen LogP contribution in [-0.2, 0) is 36.0 Å². The number of hydrogen-bond acceptors (Lipinski definition) is 9. The highest BCUT2D eigenvalue weighted by molar-refractivity contribution is 6.72. The summed E-state index contributed by atoms with van der Waals surface area (Å²) in [6, 6.07) is 24.8. The Morgan fingerprint density at radius 3 is 2.46 bits per heavy atom. The summed E-state index contributed by atoms with van der Waals surface area (Å²) >= 11 is 0. The molecule has 294 valence electrons. The number of unbranched alkanes of at least 4 members (excludes halogenated alkanes) is 1. The molecule has 3 aromatic carbocycles. The van der Waals surface area contributed by atoms with Gasteiger partial charge < -0.3 is 23.6 Å². The van der Waals surface area contributed by atoms with E-state index in [1.54, 1.807) is 34.9 Å². The number of methoxy groups -OCH3 is 1. The third-order valence-corrected chi connectivity index (χ3v) is 14.0. The lowest BCUT2D eigenvalue weighted by Gasteiger charge is -2.31. The molecule has 3 aliphatic heterocycles. The predicted octanol–water partition coefficient (Wildman–Crippen LogP) is 6.49. The first kappa shape index (κ1) is 39.2. The maximum atomic E-state index is 16.6. The third kappa shape index (κ3) is 7.44. The van der Waals surface area contributed by atoms with Crippen molar-refractivity contribution in [2.75, 3.05) is 30.2 Å². The average molecular weight is 781 g/mol. The van der Waals surface area contributed by atoms with Crippen LogP contribution in [0, 0.1) is 5.92 Å². The number of aliphatic hydroxyl groups excluding tert-OH is 1. The highest BCUT2D eigenvalue weighted by atomic mass is 28.4. The summed E-state index contributed by atoms with van der Waals surface area (Å²) in [6.07, 6.45) is 3.58. The van der Waals surface area contributed by atoms with Crippen LogP contribution in [-0.4, -0.2) is 78.4 Å². The quantitative estimate of drug-likeness (QED) is 0.0664. The number of amides is 2. The van der Waals surface area contributed by atoms with E-state index in [-0.39, 0.29) is 43.2 Å². The molecule has 12 nitrogen and oxygen atoms in total. The van der Waals surface area contributed by atoms with E-state index in [0.717, 1.165) is 16.8 Å². The number of aliphatic hydroxyl groups is 1. The zero-order valence-corrected chi connectivity index (χ0v) is 33.3. The fourth-order valence-corrected chi connectivity index (χ4v) is 11.3. The van der Waals surface area contributed by atoms with Crippen molar-refractivity contribution in [1.29, 1.82) is 0 Å². The Hall–Kier alpha value is -5.05. The van der Waals surface area contributed by atoms with E-state index >= 15 is 4.11 Å². The number of rotatable bonds is 14. The minimum Gasteiger partial charge on any atom is -0.469 e. The molecule has 3 aliphatic rings. The van der Waals surface area contributed by atoms with Crippen LogP contribution in [0.5, 0.6) is 0 Å². The topological polar surface area (TPSA) is 139 Å². The van der Waals surface area contributed by atoms with Crippen LogP contribution in [0.1, 0.15) is 73.8 Å². The van der Waals surface area contributed by atoms with Crippen molar-refractivity contribution in [1.82, 2.24) is 15.0 Å².